The maximum absolute atomic E-state index is 12.3. The summed E-state index contributed by atoms with van der Waals surface area (Å²) in [5.74, 6) is 0.957. The smallest absolute Gasteiger partial charge is 0.270 e. The van der Waals surface area contributed by atoms with Gasteiger partial charge in [-0.05, 0) is 38.3 Å². The van der Waals surface area contributed by atoms with Crippen LogP contribution < -0.4 is 10.6 Å². The van der Waals surface area contributed by atoms with Gasteiger partial charge in [0, 0.05) is 24.9 Å². The quantitative estimate of drug-likeness (QED) is 0.883. The van der Waals surface area contributed by atoms with Gasteiger partial charge in [-0.25, -0.2) is 9.97 Å². The van der Waals surface area contributed by atoms with Crippen LogP contribution in [0.25, 0.3) is 0 Å². The zero-order chi connectivity index (χ0) is 16.9. The molecule has 0 saturated carbocycles. The minimum Gasteiger partial charge on any atom is -0.376 e. The van der Waals surface area contributed by atoms with Crippen molar-refractivity contribution < 1.29 is 9.53 Å². The number of nitrogens with zero attached hydrogens (tertiary/aromatic N) is 2. The van der Waals surface area contributed by atoms with Crippen LogP contribution in [0.1, 0.15) is 34.7 Å². The predicted octanol–water partition coefficient (Wildman–Crippen LogP) is 2.75. The maximum atomic E-state index is 12.3. The van der Waals surface area contributed by atoms with Crippen LogP contribution in [0.3, 0.4) is 0 Å². The molecule has 1 atom stereocenters. The van der Waals surface area contributed by atoms with Crippen molar-refractivity contribution in [2.75, 3.05) is 18.5 Å². The molecular formula is C18H22N4O2. The van der Waals surface area contributed by atoms with Crippen molar-refractivity contribution in [2.24, 2.45) is 0 Å². The van der Waals surface area contributed by atoms with Gasteiger partial charge in [0.1, 0.15) is 17.3 Å². The number of benzene rings is 1. The number of hydrogen-bond donors (Lipinski definition) is 2. The van der Waals surface area contributed by atoms with Gasteiger partial charge in [-0.3, -0.25) is 4.79 Å². The molecule has 2 heterocycles. The number of rotatable bonds is 5. The van der Waals surface area contributed by atoms with Crippen LogP contribution in [-0.4, -0.2) is 35.1 Å². The van der Waals surface area contributed by atoms with E-state index >= 15 is 0 Å². The third kappa shape index (κ3) is 4.08. The third-order valence-electron chi connectivity index (χ3n) is 3.99. The van der Waals surface area contributed by atoms with E-state index in [2.05, 4.69) is 20.6 Å². The van der Waals surface area contributed by atoms with Crippen molar-refractivity contribution in [3.05, 3.63) is 47.4 Å². The fourth-order valence-electron chi connectivity index (χ4n) is 2.70. The number of aromatic nitrogens is 2. The molecule has 24 heavy (non-hydrogen) atoms. The highest BCUT2D eigenvalue weighted by molar-refractivity contribution is 5.93. The van der Waals surface area contributed by atoms with Crippen molar-refractivity contribution in [3.63, 3.8) is 0 Å². The zero-order valence-electron chi connectivity index (χ0n) is 14.0. The molecule has 1 aliphatic rings. The van der Waals surface area contributed by atoms with E-state index in [-0.39, 0.29) is 12.0 Å². The molecule has 1 saturated heterocycles. The summed E-state index contributed by atoms with van der Waals surface area (Å²) < 4.78 is 5.52. The summed E-state index contributed by atoms with van der Waals surface area (Å²) in [6.07, 6.45) is 2.15. The standard InChI is InChI=1S/C18H22N4O2/c1-12-6-3-4-8-15(12)22-17-10-16(20-13(2)21-17)18(23)19-11-14-7-5-9-24-14/h3-4,6,8,10,14H,5,7,9,11H2,1-2H3,(H,19,23)(H,20,21,22). The van der Waals surface area contributed by atoms with Crippen LogP contribution in [-0.2, 0) is 4.74 Å². The highest BCUT2D eigenvalue weighted by Crippen LogP contribution is 2.19. The molecule has 0 radical (unpaired) electrons. The van der Waals surface area contributed by atoms with Crippen molar-refractivity contribution in [1.29, 1.82) is 0 Å². The van der Waals surface area contributed by atoms with Gasteiger partial charge < -0.3 is 15.4 Å². The van der Waals surface area contributed by atoms with Crippen molar-refractivity contribution in [1.82, 2.24) is 15.3 Å². The second-order valence-electron chi connectivity index (χ2n) is 5.97. The minimum atomic E-state index is -0.205. The highest BCUT2D eigenvalue weighted by atomic mass is 16.5. The van der Waals surface area contributed by atoms with Crippen LogP contribution >= 0.6 is 0 Å². The molecule has 1 aromatic heterocycles. The van der Waals surface area contributed by atoms with Gasteiger partial charge in [0.25, 0.3) is 5.91 Å². The number of carbonyl (C=O) groups is 1. The van der Waals surface area contributed by atoms with E-state index in [9.17, 15) is 4.79 Å². The van der Waals surface area contributed by atoms with Gasteiger partial charge in [-0.1, -0.05) is 18.2 Å². The van der Waals surface area contributed by atoms with Gasteiger partial charge >= 0.3 is 0 Å². The van der Waals surface area contributed by atoms with E-state index in [1.807, 2.05) is 31.2 Å². The lowest BCUT2D eigenvalue weighted by Crippen LogP contribution is -2.32. The van der Waals surface area contributed by atoms with E-state index in [0.717, 1.165) is 30.7 Å². The molecular weight excluding hydrogens is 304 g/mol. The Morgan fingerprint density at radius 1 is 1.29 bits per heavy atom. The Labute approximate surface area is 141 Å². The molecule has 2 aromatic rings. The Morgan fingerprint density at radius 2 is 2.12 bits per heavy atom. The van der Waals surface area contributed by atoms with Crippen LogP contribution in [0.4, 0.5) is 11.5 Å². The molecule has 1 amide bonds. The Hall–Kier alpha value is -2.47. The number of carbonyl (C=O) groups excluding carboxylic acids is 1. The first-order valence-corrected chi connectivity index (χ1v) is 8.20. The molecule has 3 rings (SSSR count). The summed E-state index contributed by atoms with van der Waals surface area (Å²) >= 11 is 0. The van der Waals surface area contributed by atoms with Gasteiger partial charge in [-0.15, -0.1) is 0 Å². The van der Waals surface area contributed by atoms with Crippen LogP contribution in [0.15, 0.2) is 30.3 Å². The summed E-state index contributed by atoms with van der Waals surface area (Å²) in [4.78, 5) is 20.9. The van der Waals surface area contributed by atoms with Crippen LogP contribution in [0, 0.1) is 13.8 Å². The normalized spacial score (nSPS) is 16.8. The number of amides is 1. The van der Waals surface area contributed by atoms with Gasteiger partial charge in [0.05, 0.1) is 6.10 Å². The number of para-hydroxylation sites is 1. The largest absolute Gasteiger partial charge is 0.376 e. The van der Waals surface area contributed by atoms with E-state index in [0.29, 0.717) is 23.9 Å². The number of ether oxygens (including phenoxy) is 1. The van der Waals surface area contributed by atoms with Gasteiger partial charge in [0.15, 0.2) is 0 Å². The predicted molar refractivity (Wildman–Crippen MR) is 92.5 cm³/mol. The molecule has 6 nitrogen and oxygen atoms in total. The zero-order valence-corrected chi connectivity index (χ0v) is 14.0. The van der Waals surface area contributed by atoms with Crippen molar-refractivity contribution in [3.8, 4) is 0 Å². The van der Waals surface area contributed by atoms with Crippen LogP contribution in [0.2, 0.25) is 0 Å². The third-order valence-corrected chi connectivity index (χ3v) is 3.99. The van der Waals surface area contributed by atoms with E-state index in [4.69, 9.17) is 4.74 Å². The molecule has 1 aromatic carbocycles. The molecule has 0 spiro atoms. The SMILES string of the molecule is Cc1nc(Nc2ccccc2C)cc(C(=O)NCC2CCCO2)n1. The molecule has 1 fully saturated rings. The second-order valence-corrected chi connectivity index (χ2v) is 5.97. The summed E-state index contributed by atoms with van der Waals surface area (Å²) in [5.41, 5.74) is 2.43. The summed E-state index contributed by atoms with van der Waals surface area (Å²) in [5, 5.41) is 6.14. The summed E-state index contributed by atoms with van der Waals surface area (Å²) in [6, 6.07) is 9.61. The first-order chi connectivity index (χ1) is 11.6. The van der Waals surface area contributed by atoms with Crippen molar-refractivity contribution in [2.45, 2.75) is 32.8 Å². The lowest BCUT2D eigenvalue weighted by atomic mass is 10.2. The highest BCUT2D eigenvalue weighted by Gasteiger charge is 2.17. The van der Waals surface area contributed by atoms with Gasteiger partial charge in [-0.2, -0.15) is 0 Å². The molecule has 1 aliphatic heterocycles. The maximum Gasteiger partial charge on any atom is 0.270 e. The second kappa shape index (κ2) is 7.40. The number of nitrogens with one attached hydrogen (secondary N) is 2. The van der Waals surface area contributed by atoms with Crippen molar-refractivity contribution >= 4 is 17.4 Å². The molecule has 0 aliphatic carbocycles. The Bertz CT molecular complexity index is 727. The lowest BCUT2D eigenvalue weighted by molar-refractivity contribution is 0.0853. The number of aryl methyl sites for hydroxylation is 2. The first-order valence-electron chi connectivity index (χ1n) is 8.20. The minimum absolute atomic E-state index is 0.112. The Kier molecular flexibility index (Phi) is 5.05. The average Bonchev–Trinajstić information content (AvgIpc) is 3.08. The average molecular weight is 326 g/mol. The van der Waals surface area contributed by atoms with Crippen LogP contribution in [0.5, 0.6) is 0 Å². The fraction of sp³-hybridized carbons (Fsp3) is 0.389. The monoisotopic (exact) mass is 326 g/mol. The lowest BCUT2D eigenvalue weighted by Gasteiger charge is -2.12. The molecule has 1 unspecified atom stereocenters. The first kappa shape index (κ1) is 16.4. The van der Waals surface area contributed by atoms with E-state index in [1.54, 1.807) is 13.0 Å². The fourth-order valence-corrected chi connectivity index (χ4v) is 2.70. The molecule has 2 N–H and O–H groups in total. The summed E-state index contributed by atoms with van der Waals surface area (Å²) in [7, 11) is 0. The van der Waals surface area contributed by atoms with Gasteiger partial charge in [0.2, 0.25) is 0 Å². The molecule has 6 heteroatoms. The Morgan fingerprint density at radius 3 is 2.88 bits per heavy atom. The number of hydrogen-bond acceptors (Lipinski definition) is 5. The molecule has 126 valence electrons. The van der Waals surface area contributed by atoms with E-state index < -0.39 is 0 Å². The Balaban J connectivity index is 1.71. The molecule has 0 bridgehead atoms. The topological polar surface area (TPSA) is 76.1 Å². The summed E-state index contributed by atoms with van der Waals surface area (Å²) in [6.45, 7) is 5.09. The van der Waals surface area contributed by atoms with E-state index in [1.165, 1.54) is 0 Å². The number of anilines is 2.